The molecule has 0 aliphatic rings. The number of aromatic nitrogens is 1. The van der Waals surface area contributed by atoms with Gasteiger partial charge in [0.05, 0.1) is 25.2 Å². The predicted molar refractivity (Wildman–Crippen MR) is 114 cm³/mol. The first-order chi connectivity index (χ1) is 14.1. The highest BCUT2D eigenvalue weighted by Crippen LogP contribution is 2.36. The summed E-state index contributed by atoms with van der Waals surface area (Å²) >= 11 is 0. The van der Waals surface area contributed by atoms with E-state index in [0.717, 1.165) is 38.2 Å². The molecule has 4 nitrogen and oxygen atoms in total. The van der Waals surface area contributed by atoms with Crippen LogP contribution in [0.1, 0.15) is 30.4 Å². The Hall–Kier alpha value is -3.71. The van der Waals surface area contributed by atoms with Gasteiger partial charge in [-0.2, -0.15) is 5.26 Å². The summed E-state index contributed by atoms with van der Waals surface area (Å²) in [5.41, 5.74) is 3.78. The van der Waals surface area contributed by atoms with Crippen LogP contribution >= 0.6 is 0 Å². The first-order valence-electron chi connectivity index (χ1n) is 9.49. The molecule has 0 spiro atoms. The number of esters is 1. The molecule has 4 aromatic rings. The van der Waals surface area contributed by atoms with Gasteiger partial charge in [0, 0.05) is 28.7 Å². The van der Waals surface area contributed by atoms with E-state index < -0.39 is 0 Å². The molecular weight excluding hydrogens is 360 g/mol. The van der Waals surface area contributed by atoms with Crippen molar-refractivity contribution in [1.82, 2.24) is 4.98 Å². The Balaban J connectivity index is 1.91. The number of pyridine rings is 1. The van der Waals surface area contributed by atoms with Gasteiger partial charge in [0.15, 0.2) is 0 Å². The van der Waals surface area contributed by atoms with Crippen molar-refractivity contribution < 1.29 is 9.53 Å². The number of benzene rings is 3. The van der Waals surface area contributed by atoms with Crippen molar-refractivity contribution in [3.8, 4) is 17.2 Å². The van der Waals surface area contributed by atoms with Gasteiger partial charge in [-0.25, -0.2) is 0 Å². The number of hydrogen-bond donors (Lipinski definition) is 0. The van der Waals surface area contributed by atoms with Gasteiger partial charge in [0.25, 0.3) is 0 Å². The lowest BCUT2D eigenvalue weighted by molar-refractivity contribution is -0.140. The summed E-state index contributed by atoms with van der Waals surface area (Å²) in [6.07, 6.45) is 4.05. The Kier molecular flexibility index (Phi) is 4.97. The Morgan fingerprint density at radius 2 is 1.83 bits per heavy atom. The van der Waals surface area contributed by atoms with Crippen molar-refractivity contribution in [3.63, 3.8) is 0 Å². The number of carbonyl (C=O) groups excluding carboxylic acids is 1. The second kappa shape index (κ2) is 7.73. The second-order valence-corrected chi connectivity index (χ2v) is 7.17. The molecule has 0 fully saturated rings. The van der Waals surface area contributed by atoms with Crippen LogP contribution in [0.5, 0.6) is 0 Å². The van der Waals surface area contributed by atoms with Crippen molar-refractivity contribution in [2.45, 2.75) is 19.3 Å². The summed E-state index contributed by atoms with van der Waals surface area (Å²) in [5.74, 6) is -0.170. The lowest BCUT2D eigenvalue weighted by Crippen LogP contribution is -2.06. The summed E-state index contributed by atoms with van der Waals surface area (Å²) < 4.78 is 4.82. The van der Waals surface area contributed by atoms with E-state index in [-0.39, 0.29) is 11.9 Å². The molecule has 0 radical (unpaired) electrons. The number of rotatable bonds is 4. The molecule has 1 heterocycles. The number of fused-ring (bicyclic) bond motifs is 2. The van der Waals surface area contributed by atoms with Crippen LogP contribution in [0.4, 0.5) is 0 Å². The zero-order chi connectivity index (χ0) is 20.4. The van der Waals surface area contributed by atoms with E-state index in [4.69, 9.17) is 4.74 Å². The Morgan fingerprint density at radius 3 is 2.59 bits per heavy atom. The maximum Gasteiger partial charge on any atom is 0.306 e. The number of nitriles is 1. The molecule has 0 bridgehead atoms. The van der Waals surface area contributed by atoms with E-state index >= 15 is 0 Å². The normalized spacial score (nSPS) is 11.9. The van der Waals surface area contributed by atoms with E-state index in [0.29, 0.717) is 12.0 Å². The lowest BCUT2D eigenvalue weighted by Gasteiger charge is -2.14. The molecule has 0 aliphatic carbocycles. The quantitative estimate of drug-likeness (QED) is 0.433. The fourth-order valence-electron chi connectivity index (χ4n) is 3.79. The number of ether oxygens (including phenoxy) is 1. The SMILES string of the molecule is COC(=O)CC(C)c1ccc2cncc(-c3ccc(C#N)c4ccccc34)c2c1. The van der Waals surface area contributed by atoms with Crippen LogP contribution in [0.25, 0.3) is 32.7 Å². The number of nitrogens with zero attached hydrogens (tertiary/aromatic N) is 2. The molecule has 1 unspecified atom stereocenters. The number of hydrogen-bond acceptors (Lipinski definition) is 4. The molecular formula is C25H20N2O2. The molecule has 0 saturated carbocycles. The molecule has 1 aromatic heterocycles. The molecule has 4 rings (SSSR count). The van der Waals surface area contributed by atoms with Gasteiger partial charge in [0.1, 0.15) is 0 Å². The molecule has 0 amide bonds. The number of methoxy groups -OCH3 is 1. The van der Waals surface area contributed by atoms with Crippen LogP contribution in [-0.4, -0.2) is 18.1 Å². The molecule has 4 heteroatoms. The minimum atomic E-state index is -0.217. The minimum Gasteiger partial charge on any atom is -0.469 e. The summed E-state index contributed by atoms with van der Waals surface area (Å²) in [5, 5.41) is 13.5. The molecule has 1 atom stereocenters. The molecule has 0 aliphatic heterocycles. The molecule has 29 heavy (non-hydrogen) atoms. The summed E-state index contributed by atoms with van der Waals surface area (Å²) in [7, 11) is 1.41. The summed E-state index contributed by atoms with van der Waals surface area (Å²) in [4.78, 5) is 16.1. The fraction of sp³-hybridized carbons (Fsp3) is 0.160. The van der Waals surface area contributed by atoms with Gasteiger partial charge in [-0.1, -0.05) is 55.5 Å². The van der Waals surface area contributed by atoms with Crippen LogP contribution in [0.3, 0.4) is 0 Å². The lowest BCUT2D eigenvalue weighted by atomic mass is 9.90. The first kappa shape index (κ1) is 18.6. The van der Waals surface area contributed by atoms with Crippen LogP contribution in [-0.2, 0) is 9.53 Å². The fourth-order valence-corrected chi connectivity index (χ4v) is 3.79. The van der Waals surface area contributed by atoms with Gasteiger partial charge in [-0.3, -0.25) is 9.78 Å². The zero-order valence-electron chi connectivity index (χ0n) is 16.3. The maximum atomic E-state index is 11.7. The van der Waals surface area contributed by atoms with Crippen molar-refractivity contribution in [2.24, 2.45) is 0 Å². The molecule has 142 valence electrons. The van der Waals surface area contributed by atoms with Crippen molar-refractivity contribution >= 4 is 27.5 Å². The third-order valence-corrected chi connectivity index (χ3v) is 5.39. The zero-order valence-corrected chi connectivity index (χ0v) is 16.3. The van der Waals surface area contributed by atoms with E-state index in [2.05, 4.69) is 17.1 Å². The summed E-state index contributed by atoms with van der Waals surface area (Å²) in [6, 6.07) is 20.3. The second-order valence-electron chi connectivity index (χ2n) is 7.17. The Labute approximate surface area is 169 Å². The van der Waals surface area contributed by atoms with Crippen molar-refractivity contribution in [1.29, 1.82) is 5.26 Å². The third-order valence-electron chi connectivity index (χ3n) is 5.39. The van der Waals surface area contributed by atoms with Crippen LogP contribution < -0.4 is 0 Å². The van der Waals surface area contributed by atoms with Gasteiger partial charge in [-0.15, -0.1) is 0 Å². The van der Waals surface area contributed by atoms with Gasteiger partial charge >= 0.3 is 5.97 Å². The Morgan fingerprint density at radius 1 is 1.03 bits per heavy atom. The average molecular weight is 380 g/mol. The highest BCUT2D eigenvalue weighted by molar-refractivity contribution is 6.06. The largest absolute Gasteiger partial charge is 0.469 e. The predicted octanol–water partition coefficient (Wildman–Crippen LogP) is 5.59. The maximum absolute atomic E-state index is 11.7. The molecule has 0 saturated heterocycles. The van der Waals surface area contributed by atoms with Gasteiger partial charge in [-0.05, 0) is 33.9 Å². The standard InChI is InChI=1S/C25H20N2O2/c1-16(11-25(28)29-2)17-7-8-19-14-27-15-24(23(19)12-17)22-10-9-18(13-26)20-5-3-4-6-21(20)22/h3-10,12,14-16H,11H2,1-2H3. The van der Waals surface area contributed by atoms with E-state index in [9.17, 15) is 10.1 Å². The molecule has 3 aromatic carbocycles. The van der Waals surface area contributed by atoms with Gasteiger partial charge < -0.3 is 4.74 Å². The van der Waals surface area contributed by atoms with E-state index in [1.807, 2.05) is 67.8 Å². The van der Waals surface area contributed by atoms with Crippen molar-refractivity contribution in [2.75, 3.05) is 7.11 Å². The van der Waals surface area contributed by atoms with Crippen molar-refractivity contribution in [3.05, 3.63) is 78.1 Å². The Bertz CT molecular complexity index is 1270. The summed E-state index contributed by atoms with van der Waals surface area (Å²) in [6.45, 7) is 2.02. The van der Waals surface area contributed by atoms with E-state index in [1.165, 1.54) is 7.11 Å². The molecule has 0 N–H and O–H groups in total. The smallest absolute Gasteiger partial charge is 0.306 e. The monoisotopic (exact) mass is 380 g/mol. The topological polar surface area (TPSA) is 63.0 Å². The van der Waals surface area contributed by atoms with Crippen LogP contribution in [0, 0.1) is 11.3 Å². The van der Waals surface area contributed by atoms with Crippen LogP contribution in [0.2, 0.25) is 0 Å². The highest BCUT2D eigenvalue weighted by Gasteiger charge is 2.15. The highest BCUT2D eigenvalue weighted by atomic mass is 16.5. The van der Waals surface area contributed by atoms with Crippen LogP contribution in [0.15, 0.2) is 67.0 Å². The van der Waals surface area contributed by atoms with Gasteiger partial charge in [0.2, 0.25) is 0 Å². The minimum absolute atomic E-state index is 0.0468. The number of carbonyl (C=O) groups is 1. The first-order valence-corrected chi connectivity index (χ1v) is 9.49. The average Bonchev–Trinajstić information content (AvgIpc) is 2.77. The van der Waals surface area contributed by atoms with E-state index in [1.54, 1.807) is 0 Å². The third kappa shape index (κ3) is 3.43.